The Morgan fingerprint density at radius 2 is 2.11 bits per heavy atom. The van der Waals surface area contributed by atoms with Crippen LogP contribution in [0.2, 0.25) is 0 Å². The van der Waals surface area contributed by atoms with Gasteiger partial charge in [-0.2, -0.15) is 0 Å². The number of carbonyl (C=O) groups is 1. The van der Waals surface area contributed by atoms with Gasteiger partial charge in [-0.25, -0.2) is 0 Å². The Bertz CT molecular complexity index is 581. The number of carbonyl (C=O) groups excluding carboxylic acids is 1. The van der Waals surface area contributed by atoms with E-state index in [4.69, 9.17) is 0 Å². The highest BCUT2D eigenvalue weighted by atomic mass is 16.1. The van der Waals surface area contributed by atoms with Crippen LogP contribution in [0, 0.1) is 6.92 Å². The fraction of sp³-hybridized carbons (Fsp3) is 0.200. The number of aryl methyl sites for hydroxylation is 1. The van der Waals surface area contributed by atoms with E-state index in [1.54, 1.807) is 18.3 Å². The molecule has 98 valence electrons. The van der Waals surface area contributed by atoms with Gasteiger partial charge in [0.1, 0.15) is 0 Å². The predicted octanol–water partition coefficient (Wildman–Crippen LogP) is 2.36. The molecule has 0 saturated heterocycles. The van der Waals surface area contributed by atoms with Crippen LogP contribution in [0.1, 0.15) is 21.6 Å². The van der Waals surface area contributed by atoms with E-state index in [-0.39, 0.29) is 5.91 Å². The van der Waals surface area contributed by atoms with Gasteiger partial charge in [-0.15, -0.1) is 0 Å². The van der Waals surface area contributed by atoms with Crippen LogP contribution in [0.15, 0.2) is 42.6 Å². The molecule has 1 heterocycles. The maximum absolute atomic E-state index is 12.1. The lowest BCUT2D eigenvalue weighted by atomic mass is 10.2. The smallest absolute Gasteiger partial charge is 0.255 e. The summed E-state index contributed by atoms with van der Waals surface area (Å²) in [6.07, 6.45) is 1.64. The summed E-state index contributed by atoms with van der Waals surface area (Å²) in [5.74, 6) is -0.118. The lowest BCUT2D eigenvalue weighted by Gasteiger charge is -2.07. The molecule has 0 unspecified atom stereocenters. The predicted molar refractivity (Wildman–Crippen MR) is 76.1 cm³/mol. The minimum Gasteiger partial charge on any atom is -0.322 e. The van der Waals surface area contributed by atoms with Gasteiger partial charge in [0.15, 0.2) is 0 Å². The molecule has 1 aromatic heterocycles. The van der Waals surface area contributed by atoms with E-state index >= 15 is 0 Å². The molecule has 2 aromatic rings. The summed E-state index contributed by atoms with van der Waals surface area (Å²) in [7, 11) is 1.89. The van der Waals surface area contributed by atoms with E-state index in [0.717, 1.165) is 23.5 Å². The van der Waals surface area contributed by atoms with Crippen molar-refractivity contribution in [2.75, 3.05) is 12.4 Å². The number of nitrogens with one attached hydrogen (secondary N) is 2. The van der Waals surface area contributed by atoms with Crippen LogP contribution in [-0.2, 0) is 6.54 Å². The van der Waals surface area contributed by atoms with Crippen molar-refractivity contribution >= 4 is 11.6 Å². The van der Waals surface area contributed by atoms with Crippen LogP contribution in [0.3, 0.4) is 0 Å². The summed E-state index contributed by atoms with van der Waals surface area (Å²) >= 11 is 0. The summed E-state index contributed by atoms with van der Waals surface area (Å²) in [6, 6.07) is 11.3. The second kappa shape index (κ2) is 6.11. The van der Waals surface area contributed by atoms with Crippen molar-refractivity contribution < 1.29 is 4.79 Å². The van der Waals surface area contributed by atoms with Crippen molar-refractivity contribution in [1.29, 1.82) is 0 Å². The molecule has 0 radical (unpaired) electrons. The molecular weight excluding hydrogens is 238 g/mol. The number of nitrogens with zero attached hydrogens (tertiary/aromatic N) is 1. The van der Waals surface area contributed by atoms with E-state index in [2.05, 4.69) is 15.6 Å². The lowest BCUT2D eigenvalue weighted by molar-refractivity contribution is 0.102. The van der Waals surface area contributed by atoms with Gasteiger partial charge in [0.05, 0.1) is 0 Å². The fourth-order valence-corrected chi connectivity index (χ4v) is 1.85. The number of benzene rings is 1. The van der Waals surface area contributed by atoms with Crippen LogP contribution in [-0.4, -0.2) is 17.9 Å². The summed E-state index contributed by atoms with van der Waals surface area (Å²) in [6.45, 7) is 2.64. The lowest BCUT2D eigenvalue weighted by Crippen LogP contribution is -2.13. The molecule has 4 nitrogen and oxygen atoms in total. The van der Waals surface area contributed by atoms with E-state index in [9.17, 15) is 4.79 Å². The Hall–Kier alpha value is -2.20. The fourth-order valence-electron chi connectivity index (χ4n) is 1.85. The summed E-state index contributed by atoms with van der Waals surface area (Å²) in [4.78, 5) is 16.2. The zero-order valence-corrected chi connectivity index (χ0v) is 11.1. The van der Waals surface area contributed by atoms with Crippen molar-refractivity contribution in [1.82, 2.24) is 10.3 Å². The van der Waals surface area contributed by atoms with Gasteiger partial charge in [0, 0.05) is 29.7 Å². The Labute approximate surface area is 112 Å². The first-order valence-corrected chi connectivity index (χ1v) is 6.16. The topological polar surface area (TPSA) is 54.0 Å². The van der Waals surface area contributed by atoms with Gasteiger partial charge in [0.25, 0.3) is 5.91 Å². The third kappa shape index (κ3) is 3.63. The van der Waals surface area contributed by atoms with Crippen molar-refractivity contribution in [3.63, 3.8) is 0 Å². The summed E-state index contributed by atoms with van der Waals surface area (Å²) in [5.41, 5.74) is 3.38. The van der Waals surface area contributed by atoms with Crippen molar-refractivity contribution in [3.05, 3.63) is 59.4 Å². The minimum absolute atomic E-state index is 0.118. The number of hydrogen-bond acceptors (Lipinski definition) is 3. The highest BCUT2D eigenvalue weighted by Gasteiger charge is 2.06. The van der Waals surface area contributed by atoms with Crippen LogP contribution < -0.4 is 10.6 Å². The van der Waals surface area contributed by atoms with Gasteiger partial charge in [-0.3, -0.25) is 9.78 Å². The minimum atomic E-state index is -0.118. The molecule has 0 bridgehead atoms. The molecule has 0 fully saturated rings. The maximum atomic E-state index is 12.1. The molecule has 0 atom stereocenters. The zero-order valence-electron chi connectivity index (χ0n) is 11.1. The Morgan fingerprint density at radius 3 is 2.84 bits per heavy atom. The molecule has 0 spiro atoms. The van der Waals surface area contributed by atoms with Crippen LogP contribution in [0.4, 0.5) is 5.69 Å². The third-order valence-electron chi connectivity index (χ3n) is 2.72. The number of aromatic nitrogens is 1. The molecular formula is C15H17N3O. The van der Waals surface area contributed by atoms with Crippen molar-refractivity contribution in [2.45, 2.75) is 13.5 Å². The quantitative estimate of drug-likeness (QED) is 0.881. The molecule has 19 heavy (non-hydrogen) atoms. The van der Waals surface area contributed by atoms with E-state index in [1.165, 1.54) is 0 Å². The molecule has 1 aromatic carbocycles. The van der Waals surface area contributed by atoms with E-state index < -0.39 is 0 Å². The summed E-state index contributed by atoms with van der Waals surface area (Å²) < 4.78 is 0. The Balaban J connectivity index is 2.12. The monoisotopic (exact) mass is 255 g/mol. The molecule has 2 rings (SSSR count). The first-order chi connectivity index (χ1) is 9.19. The number of pyridine rings is 1. The maximum Gasteiger partial charge on any atom is 0.255 e. The highest BCUT2D eigenvalue weighted by molar-refractivity contribution is 6.04. The zero-order chi connectivity index (χ0) is 13.7. The first kappa shape index (κ1) is 13.2. The van der Waals surface area contributed by atoms with Crippen LogP contribution >= 0.6 is 0 Å². The standard InChI is InChI=1S/C15H17N3O/c1-11-8-13(6-7-17-11)15(19)18-14-5-3-4-12(9-14)10-16-2/h3-9,16H,10H2,1-2H3,(H,18,19). The average molecular weight is 255 g/mol. The largest absolute Gasteiger partial charge is 0.322 e. The molecule has 0 saturated carbocycles. The van der Waals surface area contributed by atoms with Crippen molar-refractivity contribution in [3.8, 4) is 0 Å². The second-order valence-corrected chi connectivity index (χ2v) is 4.37. The Kier molecular flexibility index (Phi) is 4.26. The van der Waals surface area contributed by atoms with Gasteiger partial charge >= 0.3 is 0 Å². The molecule has 4 heteroatoms. The number of rotatable bonds is 4. The Morgan fingerprint density at radius 1 is 1.26 bits per heavy atom. The number of anilines is 1. The normalized spacial score (nSPS) is 10.2. The van der Waals surface area contributed by atoms with Crippen LogP contribution in [0.25, 0.3) is 0 Å². The number of hydrogen-bond donors (Lipinski definition) is 2. The SMILES string of the molecule is CNCc1cccc(NC(=O)c2ccnc(C)c2)c1. The van der Waals surface area contributed by atoms with E-state index in [1.807, 2.05) is 38.2 Å². The second-order valence-electron chi connectivity index (χ2n) is 4.37. The van der Waals surface area contributed by atoms with Crippen LogP contribution in [0.5, 0.6) is 0 Å². The highest BCUT2D eigenvalue weighted by Crippen LogP contribution is 2.12. The molecule has 1 amide bonds. The van der Waals surface area contributed by atoms with Gasteiger partial charge < -0.3 is 10.6 Å². The van der Waals surface area contributed by atoms with Gasteiger partial charge in [-0.1, -0.05) is 12.1 Å². The molecule has 0 aliphatic rings. The molecule has 2 N–H and O–H groups in total. The average Bonchev–Trinajstić information content (AvgIpc) is 2.39. The molecule has 0 aliphatic carbocycles. The number of amides is 1. The molecule has 0 aliphatic heterocycles. The van der Waals surface area contributed by atoms with Gasteiger partial charge in [-0.05, 0) is 43.8 Å². The first-order valence-electron chi connectivity index (χ1n) is 6.16. The third-order valence-corrected chi connectivity index (χ3v) is 2.72. The van der Waals surface area contributed by atoms with Crippen molar-refractivity contribution in [2.24, 2.45) is 0 Å². The van der Waals surface area contributed by atoms with E-state index in [0.29, 0.717) is 5.56 Å². The summed E-state index contributed by atoms with van der Waals surface area (Å²) in [5, 5.41) is 5.97. The van der Waals surface area contributed by atoms with Gasteiger partial charge in [0.2, 0.25) is 0 Å².